The molecule has 138 valence electrons. The van der Waals surface area contributed by atoms with Crippen molar-refractivity contribution in [2.24, 2.45) is 0 Å². The van der Waals surface area contributed by atoms with Crippen LogP contribution in [0.1, 0.15) is 66.7 Å². The van der Waals surface area contributed by atoms with Crippen LogP contribution in [0.4, 0.5) is 0 Å². The van der Waals surface area contributed by atoms with Gasteiger partial charge in [-0.2, -0.15) is 0 Å². The van der Waals surface area contributed by atoms with Crippen LogP contribution in [0.25, 0.3) is 0 Å². The third-order valence-electron chi connectivity index (χ3n) is 5.16. The second-order valence-electron chi connectivity index (χ2n) is 8.98. The van der Waals surface area contributed by atoms with Crippen molar-refractivity contribution in [2.75, 3.05) is 6.61 Å². The van der Waals surface area contributed by atoms with E-state index in [-0.39, 0.29) is 10.9 Å². The maximum Gasteiger partial charge on any atom is 0.332 e. The fraction of sp³-hybridized carbons (Fsp3) is 1.00. The molecule has 1 unspecified atom stereocenters. The number of hydrogen-bond donors (Lipinski definition) is 0. The molecular formula is C18H41NO2Si2. The summed E-state index contributed by atoms with van der Waals surface area (Å²) in [7, 11) is -3.21. The Labute approximate surface area is 148 Å². The predicted molar refractivity (Wildman–Crippen MR) is 106 cm³/mol. The zero-order chi connectivity index (χ0) is 17.9. The highest BCUT2D eigenvalue weighted by atomic mass is 28.4. The van der Waals surface area contributed by atoms with E-state index in [0.717, 1.165) is 6.61 Å². The molecule has 1 atom stereocenters. The lowest BCUT2D eigenvalue weighted by Gasteiger charge is -2.56. The van der Waals surface area contributed by atoms with Crippen molar-refractivity contribution in [3.05, 3.63) is 0 Å². The number of rotatable bonds is 7. The van der Waals surface area contributed by atoms with E-state index in [2.05, 4.69) is 65.7 Å². The predicted octanol–water partition coefficient (Wildman–Crippen LogP) is 4.92. The third-order valence-corrected chi connectivity index (χ3v) is 9.82. The molecule has 1 saturated carbocycles. The summed E-state index contributed by atoms with van der Waals surface area (Å²) in [6.45, 7) is 21.5. The highest BCUT2D eigenvalue weighted by Gasteiger charge is 2.49. The molecule has 0 aliphatic heterocycles. The Morgan fingerprint density at radius 3 is 1.96 bits per heavy atom. The molecule has 1 rings (SSSR count). The lowest BCUT2D eigenvalue weighted by molar-refractivity contribution is -0.111. The van der Waals surface area contributed by atoms with Crippen LogP contribution < -0.4 is 0 Å². The van der Waals surface area contributed by atoms with Crippen molar-refractivity contribution in [1.82, 2.24) is 4.90 Å². The number of nitrogens with zero attached hydrogens (tertiary/aromatic N) is 1. The average Bonchev–Trinajstić information content (AvgIpc) is 2.37. The fourth-order valence-corrected chi connectivity index (χ4v) is 9.03. The van der Waals surface area contributed by atoms with Gasteiger partial charge in [0.25, 0.3) is 0 Å². The summed E-state index contributed by atoms with van der Waals surface area (Å²) >= 11 is 0. The molecule has 0 saturated heterocycles. The summed E-state index contributed by atoms with van der Waals surface area (Å²) in [6.07, 6.45) is 6.74. The van der Waals surface area contributed by atoms with Gasteiger partial charge in [0.15, 0.2) is 0 Å². The summed E-state index contributed by atoms with van der Waals surface area (Å²) in [6, 6.07) is 0.648. The molecule has 0 N–H and O–H groups in total. The molecule has 0 radical (unpaired) electrons. The Morgan fingerprint density at radius 1 is 1.04 bits per heavy atom. The van der Waals surface area contributed by atoms with Gasteiger partial charge in [0, 0.05) is 18.2 Å². The van der Waals surface area contributed by atoms with E-state index in [0.29, 0.717) is 6.04 Å². The fourth-order valence-electron chi connectivity index (χ4n) is 4.24. The van der Waals surface area contributed by atoms with Gasteiger partial charge in [0.05, 0.1) is 14.1 Å². The molecule has 23 heavy (non-hydrogen) atoms. The first-order valence-electron chi connectivity index (χ1n) is 9.57. The van der Waals surface area contributed by atoms with Gasteiger partial charge in [0.2, 0.25) is 0 Å². The Hall–Kier alpha value is 0.314. The average molecular weight is 360 g/mol. The summed E-state index contributed by atoms with van der Waals surface area (Å²) in [5, 5.41) is -0.148. The van der Waals surface area contributed by atoms with Gasteiger partial charge in [0.1, 0.15) is 0 Å². The van der Waals surface area contributed by atoms with Crippen molar-refractivity contribution >= 4 is 17.4 Å². The van der Waals surface area contributed by atoms with Gasteiger partial charge < -0.3 is 8.85 Å². The largest absolute Gasteiger partial charge is 0.395 e. The molecule has 1 fully saturated rings. The molecule has 0 aromatic rings. The molecule has 1 aliphatic carbocycles. The van der Waals surface area contributed by atoms with E-state index in [1.54, 1.807) is 0 Å². The summed E-state index contributed by atoms with van der Waals surface area (Å²) in [5.41, 5.74) is 0.116. The van der Waals surface area contributed by atoms with Crippen molar-refractivity contribution < 1.29 is 8.85 Å². The van der Waals surface area contributed by atoms with Crippen LogP contribution in [0.3, 0.4) is 0 Å². The summed E-state index contributed by atoms with van der Waals surface area (Å²) < 4.78 is 12.9. The van der Waals surface area contributed by atoms with Gasteiger partial charge in [-0.25, -0.2) is 0 Å². The molecule has 1 aliphatic rings. The highest BCUT2D eigenvalue weighted by Crippen LogP contribution is 2.38. The maximum atomic E-state index is 6.87. The Bertz CT molecular complexity index is 363. The van der Waals surface area contributed by atoms with Crippen LogP contribution in [0.5, 0.6) is 0 Å². The first-order valence-corrected chi connectivity index (χ1v) is 15.3. The van der Waals surface area contributed by atoms with E-state index in [4.69, 9.17) is 8.85 Å². The van der Waals surface area contributed by atoms with Gasteiger partial charge in [-0.3, -0.25) is 4.90 Å². The highest BCUT2D eigenvalue weighted by molar-refractivity contribution is 6.67. The molecule has 0 amide bonds. The minimum absolute atomic E-state index is 0.116. The van der Waals surface area contributed by atoms with Crippen LogP contribution in [0, 0.1) is 0 Å². The molecule has 0 bridgehead atoms. The quantitative estimate of drug-likeness (QED) is 0.476. The zero-order valence-electron chi connectivity index (χ0n) is 17.2. The summed E-state index contributed by atoms with van der Waals surface area (Å²) in [4.78, 5) is 2.74. The van der Waals surface area contributed by atoms with Gasteiger partial charge >= 0.3 is 8.56 Å². The van der Waals surface area contributed by atoms with Crippen molar-refractivity contribution in [2.45, 2.75) is 110 Å². The Balaban J connectivity index is 3.18. The maximum absolute atomic E-state index is 6.87. The van der Waals surface area contributed by atoms with Crippen molar-refractivity contribution in [1.29, 1.82) is 0 Å². The first-order chi connectivity index (χ1) is 10.4. The van der Waals surface area contributed by atoms with Gasteiger partial charge in [-0.05, 0) is 60.6 Å². The van der Waals surface area contributed by atoms with Gasteiger partial charge in [-0.1, -0.05) is 32.4 Å². The van der Waals surface area contributed by atoms with E-state index in [1.165, 1.54) is 32.1 Å². The van der Waals surface area contributed by atoms with Gasteiger partial charge in [-0.15, -0.1) is 0 Å². The van der Waals surface area contributed by atoms with E-state index in [9.17, 15) is 0 Å². The van der Waals surface area contributed by atoms with Crippen LogP contribution in [0.2, 0.25) is 26.2 Å². The smallest absolute Gasteiger partial charge is 0.332 e. The SMILES string of the molecule is CCO[Si](C)(C)OC(C)(N(C1CCCCC1)C(C)(C)C)[SiH](C)C. The Kier molecular flexibility index (Phi) is 7.55. The topological polar surface area (TPSA) is 21.7 Å². The van der Waals surface area contributed by atoms with Crippen molar-refractivity contribution in [3.8, 4) is 0 Å². The zero-order valence-corrected chi connectivity index (χ0v) is 19.3. The van der Waals surface area contributed by atoms with Crippen LogP contribution in [0.15, 0.2) is 0 Å². The minimum Gasteiger partial charge on any atom is -0.395 e. The monoisotopic (exact) mass is 359 g/mol. The van der Waals surface area contributed by atoms with Crippen molar-refractivity contribution in [3.63, 3.8) is 0 Å². The number of hydrogen-bond acceptors (Lipinski definition) is 3. The Morgan fingerprint density at radius 2 is 1.57 bits per heavy atom. The van der Waals surface area contributed by atoms with Crippen LogP contribution in [-0.2, 0) is 8.85 Å². The molecule has 0 aromatic carbocycles. The molecule has 5 heteroatoms. The van der Waals surface area contributed by atoms with Crippen LogP contribution in [-0.4, -0.2) is 45.8 Å². The summed E-state index contributed by atoms with van der Waals surface area (Å²) in [5.74, 6) is 0. The molecule has 0 aromatic heterocycles. The normalized spacial score (nSPS) is 21.0. The second kappa shape index (κ2) is 8.13. The first kappa shape index (κ1) is 21.4. The third kappa shape index (κ3) is 5.67. The molecule has 3 nitrogen and oxygen atoms in total. The minimum atomic E-state index is -2.11. The standard InChI is InChI=1S/C18H41NO2Si2/c1-10-20-23(8,9)21-18(5,22(6)7)19(17(2,3)4)16-14-12-11-13-15-16/h16,22H,10-15H2,1-9H3. The molecule has 0 spiro atoms. The molecule has 0 heterocycles. The van der Waals surface area contributed by atoms with E-state index in [1.807, 2.05) is 0 Å². The van der Waals surface area contributed by atoms with E-state index < -0.39 is 17.4 Å². The van der Waals surface area contributed by atoms with E-state index >= 15 is 0 Å². The second-order valence-corrected chi connectivity index (χ2v) is 15.7. The lowest BCUT2D eigenvalue weighted by atomic mass is 9.90. The van der Waals surface area contributed by atoms with Crippen LogP contribution >= 0.6 is 0 Å². The lowest BCUT2D eigenvalue weighted by Crippen LogP contribution is -2.69. The molecular weight excluding hydrogens is 318 g/mol.